The Morgan fingerprint density at radius 2 is 1.45 bits per heavy atom. The number of carbonyl (C=O) groups excluding carboxylic acids is 3. The van der Waals surface area contributed by atoms with Crippen LogP contribution in [0.5, 0.6) is 5.75 Å². The summed E-state index contributed by atoms with van der Waals surface area (Å²) in [5, 5.41) is 1.14. The number of ketones is 2. The van der Waals surface area contributed by atoms with Crippen molar-refractivity contribution in [1.82, 2.24) is 8.87 Å². The first-order valence-electron chi connectivity index (χ1n) is 21.4. The predicted octanol–water partition coefficient (Wildman–Crippen LogP) is 8.81. The number of carbonyl (C=O) groups is 3. The number of fused-ring (bicyclic) bond motifs is 1. The molecule has 2 saturated heterocycles. The van der Waals surface area contributed by atoms with Crippen molar-refractivity contribution in [3.05, 3.63) is 89.5 Å². The molecular formula is C47H56N4O6S. The van der Waals surface area contributed by atoms with Crippen molar-refractivity contribution in [3.8, 4) is 17.0 Å². The van der Waals surface area contributed by atoms with Crippen molar-refractivity contribution >= 4 is 49.8 Å². The van der Waals surface area contributed by atoms with Gasteiger partial charge in [-0.05, 0) is 111 Å². The highest BCUT2D eigenvalue weighted by Gasteiger charge is 2.29. The van der Waals surface area contributed by atoms with Crippen LogP contribution in [0.3, 0.4) is 0 Å². The number of sulfonamides is 1. The second-order valence-electron chi connectivity index (χ2n) is 16.6. The van der Waals surface area contributed by atoms with Gasteiger partial charge in [0.2, 0.25) is 15.9 Å². The Morgan fingerprint density at radius 1 is 0.724 bits per heavy atom. The van der Waals surface area contributed by atoms with E-state index in [0.29, 0.717) is 69.2 Å². The summed E-state index contributed by atoms with van der Waals surface area (Å²) in [5.41, 5.74) is 7.79. The molecule has 4 aliphatic rings. The summed E-state index contributed by atoms with van der Waals surface area (Å²) in [6.07, 6.45) is 17.1. The molecule has 10 nitrogen and oxygen atoms in total. The van der Waals surface area contributed by atoms with Crippen molar-refractivity contribution < 1.29 is 27.5 Å². The molecule has 3 aromatic carbocycles. The van der Waals surface area contributed by atoms with Gasteiger partial charge in [-0.15, -0.1) is 0 Å². The summed E-state index contributed by atoms with van der Waals surface area (Å²) >= 11 is 0. The molecule has 4 aromatic rings. The van der Waals surface area contributed by atoms with E-state index in [2.05, 4.69) is 39.8 Å². The number of aromatic nitrogens is 1. The minimum atomic E-state index is -3.27. The standard InChI is InChI=1S/C47H56N4O6S/c1-58(55,56)49-28-26-48(27-29-49)42-24-20-38(50-25-11-16-45(50)54)30-37(42)33-57-40-21-17-35(18-22-40)47-46(34-12-7-6-8-13-34)41-23-19-36-31-43(41)51(47)32-39(52)14-9-4-2-3-5-10-15-44(36)53/h2-3,17-24,30-31,34H,4-16,25-29,32-33H2,1H3/b3-2-. The molecule has 0 N–H and O–H groups in total. The molecule has 0 spiro atoms. The third-order valence-electron chi connectivity index (χ3n) is 12.6. The van der Waals surface area contributed by atoms with Crippen molar-refractivity contribution in [1.29, 1.82) is 0 Å². The molecule has 3 aliphatic heterocycles. The number of benzene rings is 3. The maximum atomic E-state index is 13.7. The average Bonchev–Trinajstić information content (AvgIpc) is 3.81. The van der Waals surface area contributed by atoms with Gasteiger partial charge in [0.25, 0.3) is 0 Å². The Bertz CT molecular complexity index is 2300. The average molecular weight is 805 g/mol. The normalized spacial score (nSPS) is 20.1. The fraction of sp³-hybridized carbons (Fsp3) is 0.468. The Kier molecular flexibility index (Phi) is 12.2. The minimum absolute atomic E-state index is 0.119. The Labute approximate surface area is 342 Å². The maximum absolute atomic E-state index is 13.7. The molecule has 1 amide bonds. The minimum Gasteiger partial charge on any atom is -0.489 e. The number of piperazine rings is 1. The first kappa shape index (κ1) is 40.1. The number of allylic oxidation sites excluding steroid dienone is 2. The molecule has 4 heterocycles. The Hall–Kier alpha value is -4.74. The van der Waals surface area contributed by atoms with Crippen LogP contribution in [0.15, 0.2) is 72.8 Å². The van der Waals surface area contributed by atoms with E-state index in [4.69, 9.17) is 4.74 Å². The number of Topliss-reactive ketones (excluding diaryl/α,β-unsaturated/α-hetero) is 2. The zero-order chi connectivity index (χ0) is 40.2. The number of rotatable bonds is 8. The molecule has 1 saturated carbocycles. The Morgan fingerprint density at radius 3 is 2.16 bits per heavy atom. The van der Waals surface area contributed by atoms with Crippen LogP contribution in [0.2, 0.25) is 0 Å². The summed E-state index contributed by atoms with van der Waals surface area (Å²) in [6.45, 7) is 3.15. The van der Waals surface area contributed by atoms with Gasteiger partial charge in [-0.3, -0.25) is 14.4 Å². The van der Waals surface area contributed by atoms with Crippen LogP contribution >= 0.6 is 0 Å². The van der Waals surface area contributed by atoms with Gasteiger partial charge >= 0.3 is 0 Å². The molecule has 0 unspecified atom stereocenters. The molecule has 1 aliphatic carbocycles. The molecule has 0 radical (unpaired) electrons. The smallest absolute Gasteiger partial charge is 0.227 e. The topological polar surface area (TPSA) is 109 Å². The zero-order valence-electron chi connectivity index (χ0n) is 33.8. The van der Waals surface area contributed by atoms with Gasteiger partial charge in [-0.25, -0.2) is 8.42 Å². The van der Waals surface area contributed by atoms with E-state index in [0.717, 1.165) is 84.0 Å². The van der Waals surface area contributed by atoms with E-state index in [-0.39, 0.29) is 30.6 Å². The van der Waals surface area contributed by atoms with Crippen LogP contribution in [0.25, 0.3) is 22.2 Å². The first-order valence-corrected chi connectivity index (χ1v) is 23.2. The largest absolute Gasteiger partial charge is 0.489 e. The van der Waals surface area contributed by atoms with Crippen molar-refractivity contribution in [2.24, 2.45) is 0 Å². The van der Waals surface area contributed by atoms with Crippen LogP contribution in [-0.2, 0) is 32.8 Å². The summed E-state index contributed by atoms with van der Waals surface area (Å²) < 4.78 is 34.7. The quantitative estimate of drug-likeness (QED) is 0.164. The zero-order valence-corrected chi connectivity index (χ0v) is 34.6. The lowest BCUT2D eigenvalue weighted by Gasteiger charge is -2.36. The van der Waals surface area contributed by atoms with Crippen LogP contribution in [0, 0.1) is 0 Å². The summed E-state index contributed by atoms with van der Waals surface area (Å²) in [5.74, 6) is 1.52. The Balaban J connectivity index is 1.12. The van der Waals surface area contributed by atoms with Crippen molar-refractivity contribution in [2.45, 2.75) is 103 Å². The first-order chi connectivity index (χ1) is 28.1. The highest BCUT2D eigenvalue weighted by atomic mass is 32.2. The van der Waals surface area contributed by atoms with E-state index in [1.807, 2.05) is 47.4 Å². The monoisotopic (exact) mass is 804 g/mol. The summed E-state index contributed by atoms with van der Waals surface area (Å²) in [4.78, 5) is 43.9. The number of amides is 1. The van der Waals surface area contributed by atoms with E-state index >= 15 is 0 Å². The highest BCUT2D eigenvalue weighted by molar-refractivity contribution is 7.88. The molecule has 11 heteroatoms. The van der Waals surface area contributed by atoms with Gasteiger partial charge in [0.1, 0.15) is 12.4 Å². The highest BCUT2D eigenvalue weighted by Crippen LogP contribution is 2.45. The lowest BCUT2D eigenvalue weighted by molar-refractivity contribution is -0.119. The number of anilines is 2. The molecular weight excluding hydrogens is 749 g/mol. The fourth-order valence-electron chi connectivity index (χ4n) is 9.48. The molecule has 306 valence electrons. The summed E-state index contributed by atoms with van der Waals surface area (Å²) in [6, 6.07) is 20.4. The number of hydrogen-bond acceptors (Lipinski definition) is 7. The summed E-state index contributed by atoms with van der Waals surface area (Å²) in [7, 11) is -3.27. The van der Waals surface area contributed by atoms with Gasteiger partial charge in [-0.1, -0.05) is 43.5 Å². The van der Waals surface area contributed by atoms with E-state index in [1.165, 1.54) is 35.4 Å². The van der Waals surface area contributed by atoms with E-state index in [1.54, 1.807) is 0 Å². The lowest BCUT2D eigenvalue weighted by Crippen LogP contribution is -2.48. The third kappa shape index (κ3) is 8.81. The third-order valence-corrected chi connectivity index (χ3v) is 13.9. The maximum Gasteiger partial charge on any atom is 0.227 e. The van der Waals surface area contributed by atoms with Gasteiger partial charge in [-0.2, -0.15) is 4.31 Å². The van der Waals surface area contributed by atoms with Crippen LogP contribution < -0.4 is 14.5 Å². The molecule has 1 aromatic heterocycles. The molecule has 3 fully saturated rings. The van der Waals surface area contributed by atoms with Crippen LogP contribution in [0.4, 0.5) is 11.4 Å². The second-order valence-corrected chi connectivity index (χ2v) is 18.5. The molecule has 0 atom stereocenters. The van der Waals surface area contributed by atoms with Crippen LogP contribution in [-0.4, -0.2) is 73.7 Å². The lowest BCUT2D eigenvalue weighted by atomic mass is 9.81. The van der Waals surface area contributed by atoms with Crippen LogP contribution in [0.1, 0.15) is 111 Å². The number of hydrogen-bond donors (Lipinski definition) is 0. The van der Waals surface area contributed by atoms with Gasteiger partial charge in [0.05, 0.1) is 18.5 Å². The van der Waals surface area contributed by atoms with Gasteiger partial charge in [0.15, 0.2) is 11.6 Å². The number of nitrogens with zero attached hydrogens (tertiary/aromatic N) is 4. The molecule has 58 heavy (non-hydrogen) atoms. The second kappa shape index (κ2) is 17.6. The molecule has 8 rings (SSSR count). The SMILES string of the molecule is CS(=O)(=O)N1CCN(c2ccc(N3CCCC3=O)cc2COc2ccc(-c3c(C4CCCCC4)c4ccc5cc4n3CC(=O)CCC/C=C\CCCC5=O)cc2)CC1. The van der Waals surface area contributed by atoms with Crippen molar-refractivity contribution in [2.75, 3.05) is 48.8 Å². The predicted molar refractivity (Wildman–Crippen MR) is 230 cm³/mol. The molecule has 2 bridgehead atoms. The fourth-order valence-corrected chi connectivity index (χ4v) is 10.3. The van der Waals surface area contributed by atoms with E-state index < -0.39 is 10.0 Å². The number of ether oxygens (including phenoxy) is 1. The van der Waals surface area contributed by atoms with E-state index in [9.17, 15) is 22.8 Å². The van der Waals surface area contributed by atoms with Crippen molar-refractivity contribution in [3.63, 3.8) is 0 Å². The van der Waals surface area contributed by atoms with Gasteiger partial charge < -0.3 is 19.1 Å². The van der Waals surface area contributed by atoms with Gasteiger partial charge in [0, 0.05) is 85.4 Å².